The van der Waals surface area contributed by atoms with E-state index < -0.39 is 5.76 Å². The molecule has 5 heteroatoms. The fourth-order valence-corrected chi connectivity index (χ4v) is 3.27. The third-order valence-electron chi connectivity index (χ3n) is 3.85. The predicted molar refractivity (Wildman–Crippen MR) is 64.6 cm³/mol. The number of hydrogen-bond acceptors (Lipinski definition) is 4. The molecule has 0 aliphatic heterocycles. The lowest BCUT2D eigenvalue weighted by molar-refractivity contribution is 0.188. The van der Waals surface area contributed by atoms with Crippen molar-refractivity contribution in [3.63, 3.8) is 0 Å². The van der Waals surface area contributed by atoms with Crippen molar-refractivity contribution in [2.24, 2.45) is 23.5 Å². The summed E-state index contributed by atoms with van der Waals surface area (Å²) >= 11 is 0. The van der Waals surface area contributed by atoms with Crippen molar-refractivity contribution in [3.05, 3.63) is 16.4 Å². The van der Waals surface area contributed by atoms with E-state index in [2.05, 4.69) is 28.5 Å². The molecular weight excluding hydrogens is 218 g/mol. The van der Waals surface area contributed by atoms with Gasteiger partial charge in [0.1, 0.15) is 0 Å². The number of H-pyrrole nitrogens is 1. The standard InChI is InChI=1S/C12H21N3O2/c1-7-3-8(2)5-9(4-7)10(6-13)11-14-12(16)17-15-11/h7-10H,3-6,13H2,1-2H3,(H,14,15,16). The molecule has 0 aromatic carbocycles. The lowest BCUT2D eigenvalue weighted by Crippen LogP contribution is -2.29. The van der Waals surface area contributed by atoms with Gasteiger partial charge in [0.15, 0.2) is 5.82 Å². The highest BCUT2D eigenvalue weighted by Crippen LogP contribution is 2.39. The average Bonchev–Trinajstić information content (AvgIpc) is 2.64. The highest BCUT2D eigenvalue weighted by molar-refractivity contribution is 4.98. The van der Waals surface area contributed by atoms with E-state index in [0.29, 0.717) is 18.3 Å². The van der Waals surface area contributed by atoms with Crippen LogP contribution in [-0.4, -0.2) is 16.7 Å². The first-order valence-corrected chi connectivity index (χ1v) is 6.36. The van der Waals surface area contributed by atoms with Gasteiger partial charge in [0.25, 0.3) is 0 Å². The van der Waals surface area contributed by atoms with Gasteiger partial charge < -0.3 is 5.73 Å². The second-order valence-corrected chi connectivity index (χ2v) is 5.50. The Morgan fingerprint density at radius 2 is 2.06 bits per heavy atom. The Bertz CT molecular complexity index is 402. The number of nitrogens with zero attached hydrogens (tertiary/aromatic N) is 1. The lowest BCUT2D eigenvalue weighted by atomic mass is 9.71. The van der Waals surface area contributed by atoms with E-state index in [0.717, 1.165) is 24.7 Å². The van der Waals surface area contributed by atoms with E-state index in [1.165, 1.54) is 6.42 Å². The number of nitrogens with one attached hydrogen (secondary N) is 1. The van der Waals surface area contributed by atoms with Crippen LogP contribution >= 0.6 is 0 Å². The van der Waals surface area contributed by atoms with Crippen LogP contribution in [0, 0.1) is 17.8 Å². The second kappa shape index (κ2) is 5.04. The molecule has 0 radical (unpaired) electrons. The van der Waals surface area contributed by atoms with Gasteiger partial charge in [0.05, 0.1) is 0 Å². The zero-order chi connectivity index (χ0) is 12.4. The van der Waals surface area contributed by atoms with Gasteiger partial charge in [0.2, 0.25) is 0 Å². The molecule has 1 aliphatic carbocycles. The fourth-order valence-electron chi connectivity index (χ4n) is 3.27. The molecule has 3 N–H and O–H groups in total. The van der Waals surface area contributed by atoms with E-state index in [9.17, 15) is 4.79 Å². The van der Waals surface area contributed by atoms with Crippen molar-refractivity contribution < 1.29 is 4.52 Å². The Morgan fingerprint density at radius 1 is 1.41 bits per heavy atom. The van der Waals surface area contributed by atoms with Crippen LogP contribution in [0.4, 0.5) is 0 Å². The lowest BCUT2D eigenvalue weighted by Gasteiger charge is -2.35. The van der Waals surface area contributed by atoms with E-state index in [-0.39, 0.29) is 5.92 Å². The van der Waals surface area contributed by atoms with E-state index in [1.54, 1.807) is 0 Å². The maximum absolute atomic E-state index is 11.0. The summed E-state index contributed by atoms with van der Waals surface area (Å²) in [4.78, 5) is 13.6. The molecule has 2 rings (SSSR count). The summed E-state index contributed by atoms with van der Waals surface area (Å²) in [5, 5.41) is 3.79. The molecule has 1 fully saturated rings. The molecule has 0 amide bonds. The number of aromatic nitrogens is 2. The molecule has 5 nitrogen and oxygen atoms in total. The monoisotopic (exact) mass is 239 g/mol. The minimum Gasteiger partial charge on any atom is -0.330 e. The smallest absolute Gasteiger partial charge is 0.330 e. The molecule has 96 valence electrons. The van der Waals surface area contributed by atoms with Gasteiger partial charge >= 0.3 is 5.76 Å². The van der Waals surface area contributed by atoms with Crippen molar-refractivity contribution in [2.45, 2.75) is 39.0 Å². The van der Waals surface area contributed by atoms with Crippen LogP contribution in [0.25, 0.3) is 0 Å². The van der Waals surface area contributed by atoms with Crippen LogP contribution in [0.15, 0.2) is 9.32 Å². The first-order chi connectivity index (χ1) is 8.10. The molecule has 0 saturated heterocycles. The summed E-state index contributed by atoms with van der Waals surface area (Å²) in [6.07, 6.45) is 3.59. The van der Waals surface area contributed by atoms with Crippen molar-refractivity contribution >= 4 is 0 Å². The van der Waals surface area contributed by atoms with Crippen molar-refractivity contribution in [1.82, 2.24) is 10.1 Å². The Labute approximate surface area is 101 Å². The van der Waals surface area contributed by atoms with E-state index >= 15 is 0 Å². The summed E-state index contributed by atoms with van der Waals surface area (Å²) in [6.45, 7) is 5.07. The summed E-state index contributed by atoms with van der Waals surface area (Å²) in [7, 11) is 0. The Balaban J connectivity index is 2.15. The molecule has 1 aromatic rings. The zero-order valence-corrected chi connectivity index (χ0v) is 10.5. The molecule has 1 heterocycles. The van der Waals surface area contributed by atoms with Crippen LogP contribution in [-0.2, 0) is 0 Å². The molecule has 0 bridgehead atoms. The first-order valence-electron chi connectivity index (χ1n) is 6.36. The van der Waals surface area contributed by atoms with Gasteiger partial charge in [-0.05, 0) is 37.0 Å². The second-order valence-electron chi connectivity index (χ2n) is 5.50. The Hall–Kier alpha value is -1.10. The number of rotatable bonds is 3. The van der Waals surface area contributed by atoms with Gasteiger partial charge in [-0.15, -0.1) is 0 Å². The average molecular weight is 239 g/mol. The number of hydrogen-bond donors (Lipinski definition) is 2. The first kappa shape index (κ1) is 12.4. The Morgan fingerprint density at radius 3 is 2.53 bits per heavy atom. The van der Waals surface area contributed by atoms with Gasteiger partial charge in [-0.25, -0.2) is 4.79 Å². The van der Waals surface area contributed by atoms with Crippen LogP contribution in [0.1, 0.15) is 44.9 Å². The third kappa shape index (κ3) is 2.77. The van der Waals surface area contributed by atoms with Crippen molar-refractivity contribution in [3.8, 4) is 0 Å². The summed E-state index contributed by atoms with van der Waals surface area (Å²) < 4.78 is 4.58. The molecular formula is C12H21N3O2. The summed E-state index contributed by atoms with van der Waals surface area (Å²) in [5.74, 6) is 2.18. The predicted octanol–water partition coefficient (Wildman–Crippen LogP) is 1.48. The topological polar surface area (TPSA) is 84.9 Å². The minimum atomic E-state index is -0.490. The fraction of sp³-hybridized carbons (Fsp3) is 0.833. The zero-order valence-electron chi connectivity index (χ0n) is 10.5. The van der Waals surface area contributed by atoms with Crippen molar-refractivity contribution in [2.75, 3.05) is 6.54 Å². The highest BCUT2D eigenvalue weighted by Gasteiger charge is 2.32. The molecule has 3 atom stereocenters. The highest BCUT2D eigenvalue weighted by atomic mass is 16.5. The Kier molecular flexibility index (Phi) is 3.66. The normalized spacial score (nSPS) is 31.4. The number of nitrogens with two attached hydrogens (primary N) is 1. The maximum atomic E-state index is 11.0. The van der Waals surface area contributed by atoms with Gasteiger partial charge in [-0.1, -0.05) is 19.0 Å². The SMILES string of the molecule is CC1CC(C)CC(C(CN)c2noc(=O)[nH]2)C1. The van der Waals surface area contributed by atoms with E-state index in [1.807, 2.05) is 0 Å². The number of aromatic amines is 1. The van der Waals surface area contributed by atoms with Crippen LogP contribution in [0.3, 0.4) is 0 Å². The maximum Gasteiger partial charge on any atom is 0.438 e. The third-order valence-corrected chi connectivity index (χ3v) is 3.85. The van der Waals surface area contributed by atoms with Crippen molar-refractivity contribution in [1.29, 1.82) is 0 Å². The van der Waals surface area contributed by atoms with Crippen LogP contribution < -0.4 is 11.5 Å². The van der Waals surface area contributed by atoms with E-state index in [4.69, 9.17) is 5.73 Å². The summed E-state index contributed by atoms with van der Waals surface area (Å²) in [6, 6.07) is 0. The molecule has 3 unspecified atom stereocenters. The van der Waals surface area contributed by atoms with Gasteiger partial charge in [-0.3, -0.25) is 9.51 Å². The largest absolute Gasteiger partial charge is 0.438 e. The van der Waals surface area contributed by atoms with Gasteiger partial charge in [0, 0.05) is 12.5 Å². The molecule has 1 aromatic heterocycles. The molecule has 1 aliphatic rings. The summed E-state index contributed by atoms with van der Waals surface area (Å²) in [5.41, 5.74) is 5.83. The van der Waals surface area contributed by atoms with Crippen LogP contribution in [0.5, 0.6) is 0 Å². The molecule has 1 saturated carbocycles. The minimum absolute atomic E-state index is 0.117. The molecule has 0 spiro atoms. The molecule has 17 heavy (non-hydrogen) atoms. The van der Waals surface area contributed by atoms with Crippen LogP contribution in [0.2, 0.25) is 0 Å². The quantitative estimate of drug-likeness (QED) is 0.836. The van der Waals surface area contributed by atoms with Gasteiger partial charge in [-0.2, -0.15) is 0 Å².